The van der Waals surface area contributed by atoms with Gasteiger partial charge in [-0.1, -0.05) is 12.1 Å². The Balaban J connectivity index is 2.07. The molecule has 18 heavy (non-hydrogen) atoms. The molecule has 0 saturated heterocycles. The Morgan fingerprint density at radius 3 is 2.94 bits per heavy atom. The fourth-order valence-electron chi connectivity index (χ4n) is 1.58. The molecule has 0 aliphatic rings. The van der Waals surface area contributed by atoms with E-state index in [-0.39, 0.29) is 0 Å². The zero-order chi connectivity index (χ0) is 13.0. The first-order valence-corrected chi connectivity index (χ1v) is 6.33. The van der Waals surface area contributed by atoms with E-state index in [9.17, 15) is 0 Å². The third kappa shape index (κ3) is 3.08. The van der Waals surface area contributed by atoms with Crippen molar-refractivity contribution < 1.29 is 0 Å². The third-order valence-electron chi connectivity index (χ3n) is 2.58. The van der Waals surface area contributed by atoms with Crippen LogP contribution in [0.15, 0.2) is 41.0 Å². The van der Waals surface area contributed by atoms with Gasteiger partial charge in [0.15, 0.2) is 0 Å². The second-order valence-electron chi connectivity index (χ2n) is 3.98. The fraction of sp³-hybridized carbons (Fsp3) is 0.143. The maximum Gasteiger partial charge on any atom is 0.126 e. The normalized spacial score (nSPS) is 9.83. The number of aromatic nitrogens is 1. The lowest BCUT2D eigenvalue weighted by molar-refractivity contribution is 1.10. The zero-order valence-electron chi connectivity index (χ0n) is 9.94. The molecule has 4 heteroatoms. The van der Waals surface area contributed by atoms with Crippen LogP contribution in [0.3, 0.4) is 0 Å². The quantitative estimate of drug-likeness (QED) is 0.941. The molecule has 0 amide bonds. The second kappa shape index (κ2) is 5.65. The number of hydrogen-bond acceptors (Lipinski definition) is 3. The second-order valence-corrected chi connectivity index (χ2v) is 4.84. The predicted molar refractivity (Wildman–Crippen MR) is 75.2 cm³/mol. The van der Waals surface area contributed by atoms with Crippen molar-refractivity contribution in [3.63, 3.8) is 0 Å². The molecule has 2 rings (SSSR count). The number of anilines is 1. The van der Waals surface area contributed by atoms with E-state index < -0.39 is 0 Å². The summed E-state index contributed by atoms with van der Waals surface area (Å²) < 4.78 is 1.000. The number of rotatable bonds is 3. The number of pyridine rings is 1. The Bertz CT molecular complexity index is 602. The van der Waals surface area contributed by atoms with Gasteiger partial charge in [-0.2, -0.15) is 5.26 Å². The van der Waals surface area contributed by atoms with Gasteiger partial charge < -0.3 is 5.32 Å². The Morgan fingerprint density at radius 2 is 2.22 bits per heavy atom. The lowest BCUT2D eigenvalue weighted by atomic mass is 10.1. The van der Waals surface area contributed by atoms with Crippen molar-refractivity contribution in [2.75, 3.05) is 5.32 Å². The van der Waals surface area contributed by atoms with Crippen molar-refractivity contribution in [3.05, 3.63) is 57.7 Å². The monoisotopic (exact) mass is 301 g/mol. The van der Waals surface area contributed by atoms with Crippen LogP contribution in [0.4, 0.5) is 5.82 Å². The van der Waals surface area contributed by atoms with Crippen LogP contribution in [0, 0.1) is 18.3 Å². The van der Waals surface area contributed by atoms with E-state index >= 15 is 0 Å². The molecule has 0 saturated carbocycles. The molecule has 1 N–H and O–H groups in total. The summed E-state index contributed by atoms with van der Waals surface area (Å²) in [6, 6.07) is 11.7. The van der Waals surface area contributed by atoms with Crippen LogP contribution >= 0.6 is 15.9 Å². The summed E-state index contributed by atoms with van der Waals surface area (Å²) in [6.45, 7) is 2.68. The van der Waals surface area contributed by atoms with Crippen LogP contribution in [0.25, 0.3) is 0 Å². The molecule has 0 unspecified atom stereocenters. The summed E-state index contributed by atoms with van der Waals surface area (Å²) in [6.07, 6.45) is 1.78. The molecule has 3 nitrogen and oxygen atoms in total. The predicted octanol–water partition coefficient (Wildman–Crippen LogP) is 3.64. The Morgan fingerprint density at radius 1 is 1.39 bits per heavy atom. The van der Waals surface area contributed by atoms with E-state index in [4.69, 9.17) is 5.26 Å². The summed E-state index contributed by atoms with van der Waals surface area (Å²) in [7, 11) is 0. The highest BCUT2D eigenvalue weighted by Gasteiger charge is 1.99. The van der Waals surface area contributed by atoms with Crippen LogP contribution in [0.1, 0.15) is 16.7 Å². The Hall–Kier alpha value is -1.86. The fourth-order valence-corrected chi connectivity index (χ4v) is 1.80. The lowest BCUT2D eigenvalue weighted by Gasteiger charge is -2.07. The van der Waals surface area contributed by atoms with E-state index in [0.717, 1.165) is 21.4 Å². The molecule has 90 valence electrons. The van der Waals surface area contributed by atoms with Gasteiger partial charge in [0, 0.05) is 17.2 Å². The maximum absolute atomic E-state index is 8.83. The van der Waals surface area contributed by atoms with Crippen LogP contribution in [0.5, 0.6) is 0 Å². The summed E-state index contributed by atoms with van der Waals surface area (Å²) >= 11 is 3.42. The number of hydrogen-bond donors (Lipinski definition) is 1. The van der Waals surface area contributed by atoms with E-state index in [1.165, 1.54) is 0 Å². The Labute approximate surface area is 115 Å². The maximum atomic E-state index is 8.83. The lowest BCUT2D eigenvalue weighted by Crippen LogP contribution is -2.01. The zero-order valence-corrected chi connectivity index (χ0v) is 11.5. The number of benzene rings is 1. The van der Waals surface area contributed by atoms with Gasteiger partial charge in [0.1, 0.15) is 5.82 Å². The van der Waals surface area contributed by atoms with Crippen molar-refractivity contribution in [3.8, 4) is 6.07 Å². The van der Waals surface area contributed by atoms with Crippen molar-refractivity contribution in [2.45, 2.75) is 13.5 Å². The highest BCUT2D eigenvalue weighted by atomic mass is 79.9. The van der Waals surface area contributed by atoms with Crippen molar-refractivity contribution in [2.24, 2.45) is 0 Å². The molecular formula is C14H12BrN3. The minimum atomic E-state index is 0.656. The average Bonchev–Trinajstić information content (AvgIpc) is 2.40. The van der Waals surface area contributed by atoms with Gasteiger partial charge >= 0.3 is 0 Å². The first-order valence-electron chi connectivity index (χ1n) is 5.54. The number of nitrogens with zero attached hydrogens (tertiary/aromatic N) is 2. The van der Waals surface area contributed by atoms with E-state index in [2.05, 4.69) is 32.3 Å². The van der Waals surface area contributed by atoms with Gasteiger partial charge in [-0.25, -0.2) is 4.98 Å². The molecule has 1 aromatic heterocycles. The summed E-state index contributed by atoms with van der Waals surface area (Å²) in [5.41, 5.74) is 2.88. The Kier molecular flexibility index (Phi) is 3.96. The van der Waals surface area contributed by atoms with E-state index in [1.54, 1.807) is 12.3 Å². The van der Waals surface area contributed by atoms with Crippen LogP contribution in [-0.2, 0) is 6.54 Å². The molecule has 0 aliphatic heterocycles. The van der Waals surface area contributed by atoms with Crippen LogP contribution in [-0.4, -0.2) is 4.98 Å². The highest BCUT2D eigenvalue weighted by Crippen LogP contribution is 2.17. The standard InChI is InChI=1S/C14H12BrN3/c1-10-5-14(18-9-13(10)15)17-8-12-4-2-3-11(6-12)7-16/h2-6,9H,8H2,1H3,(H,17,18). The number of nitriles is 1. The smallest absolute Gasteiger partial charge is 0.126 e. The molecule has 2 aromatic rings. The molecular weight excluding hydrogens is 290 g/mol. The molecule has 0 spiro atoms. The minimum absolute atomic E-state index is 0.656. The molecule has 0 fully saturated rings. The van der Waals surface area contributed by atoms with E-state index in [1.807, 2.05) is 31.2 Å². The van der Waals surface area contributed by atoms with Gasteiger partial charge in [0.2, 0.25) is 0 Å². The first kappa shape index (κ1) is 12.6. The van der Waals surface area contributed by atoms with Gasteiger partial charge in [-0.3, -0.25) is 0 Å². The van der Waals surface area contributed by atoms with Crippen molar-refractivity contribution in [1.29, 1.82) is 5.26 Å². The van der Waals surface area contributed by atoms with Gasteiger partial charge in [-0.15, -0.1) is 0 Å². The van der Waals surface area contributed by atoms with Gasteiger partial charge in [-0.05, 0) is 52.2 Å². The van der Waals surface area contributed by atoms with Gasteiger partial charge in [0.05, 0.1) is 11.6 Å². The SMILES string of the molecule is Cc1cc(NCc2cccc(C#N)c2)ncc1Br. The summed E-state index contributed by atoms with van der Waals surface area (Å²) in [5, 5.41) is 12.1. The first-order chi connectivity index (χ1) is 8.69. The molecule has 1 aromatic carbocycles. The minimum Gasteiger partial charge on any atom is -0.366 e. The van der Waals surface area contributed by atoms with Crippen molar-refractivity contribution in [1.82, 2.24) is 4.98 Å². The molecule has 0 aliphatic carbocycles. The van der Waals surface area contributed by atoms with Crippen LogP contribution < -0.4 is 5.32 Å². The number of halogens is 1. The molecule has 0 atom stereocenters. The summed E-state index contributed by atoms with van der Waals surface area (Å²) in [4.78, 5) is 4.27. The molecule has 1 heterocycles. The largest absolute Gasteiger partial charge is 0.366 e. The third-order valence-corrected chi connectivity index (χ3v) is 3.41. The van der Waals surface area contributed by atoms with Gasteiger partial charge in [0.25, 0.3) is 0 Å². The highest BCUT2D eigenvalue weighted by molar-refractivity contribution is 9.10. The van der Waals surface area contributed by atoms with E-state index in [0.29, 0.717) is 12.1 Å². The van der Waals surface area contributed by atoms with Crippen molar-refractivity contribution >= 4 is 21.7 Å². The topological polar surface area (TPSA) is 48.7 Å². The summed E-state index contributed by atoms with van der Waals surface area (Å²) in [5.74, 6) is 0.832. The number of nitrogens with one attached hydrogen (secondary N) is 1. The number of aryl methyl sites for hydroxylation is 1. The average molecular weight is 302 g/mol. The molecule has 0 radical (unpaired) electrons. The van der Waals surface area contributed by atoms with Crippen LogP contribution in [0.2, 0.25) is 0 Å². The molecule has 0 bridgehead atoms.